The van der Waals surface area contributed by atoms with Gasteiger partial charge in [-0.15, -0.1) is 12.4 Å². The van der Waals surface area contributed by atoms with Crippen molar-refractivity contribution < 1.29 is 5.11 Å². The van der Waals surface area contributed by atoms with Gasteiger partial charge < -0.3 is 9.67 Å². The Morgan fingerprint density at radius 3 is 2.76 bits per heavy atom. The molecule has 2 heterocycles. The summed E-state index contributed by atoms with van der Waals surface area (Å²) in [5.41, 5.74) is 1.86. The molecule has 7 heteroatoms. The molecule has 5 nitrogen and oxygen atoms in total. The molecule has 0 aliphatic carbocycles. The van der Waals surface area contributed by atoms with Gasteiger partial charge in [0, 0.05) is 36.5 Å². The normalized spacial score (nSPS) is 10.0. The van der Waals surface area contributed by atoms with Crippen LogP contribution in [0.2, 0.25) is 0 Å². The van der Waals surface area contributed by atoms with Crippen LogP contribution in [0.5, 0.6) is 5.88 Å². The molecule has 0 aromatic carbocycles. The van der Waals surface area contributed by atoms with E-state index >= 15 is 0 Å². The van der Waals surface area contributed by atoms with Gasteiger partial charge in [0.1, 0.15) is 0 Å². The molecule has 1 N–H and O–H groups in total. The Morgan fingerprint density at radius 2 is 2.18 bits per heavy atom. The highest BCUT2D eigenvalue weighted by Gasteiger charge is 2.04. The molecule has 2 aromatic heterocycles. The average Bonchev–Trinajstić information content (AvgIpc) is 2.59. The van der Waals surface area contributed by atoms with Crippen molar-refractivity contribution in [3.05, 3.63) is 30.0 Å². The predicted molar refractivity (Wildman–Crippen MR) is 68.5 cm³/mol. The van der Waals surface area contributed by atoms with Crippen molar-refractivity contribution in [2.45, 2.75) is 17.8 Å². The zero-order valence-electron chi connectivity index (χ0n) is 9.49. The van der Waals surface area contributed by atoms with Crippen molar-refractivity contribution in [3.8, 4) is 5.88 Å². The Labute approximate surface area is 110 Å². The number of aryl methyl sites for hydroxylation is 2. The van der Waals surface area contributed by atoms with E-state index in [2.05, 4.69) is 15.0 Å². The van der Waals surface area contributed by atoms with E-state index in [1.54, 1.807) is 6.33 Å². The molecule has 17 heavy (non-hydrogen) atoms. The van der Waals surface area contributed by atoms with E-state index in [1.807, 2.05) is 24.7 Å². The van der Waals surface area contributed by atoms with Crippen LogP contribution in [0.1, 0.15) is 11.4 Å². The van der Waals surface area contributed by atoms with Crippen molar-refractivity contribution in [1.82, 2.24) is 19.5 Å². The average molecular weight is 273 g/mol. The second-order valence-corrected chi connectivity index (χ2v) is 4.38. The zero-order chi connectivity index (χ0) is 11.5. The molecular weight excluding hydrogens is 260 g/mol. The Kier molecular flexibility index (Phi) is 4.77. The van der Waals surface area contributed by atoms with Crippen molar-refractivity contribution in [1.29, 1.82) is 0 Å². The maximum Gasteiger partial charge on any atom is 0.215 e. The van der Waals surface area contributed by atoms with Crippen molar-refractivity contribution in [2.75, 3.05) is 0 Å². The molecular formula is C10H13ClN4OS. The van der Waals surface area contributed by atoms with Gasteiger partial charge in [0.2, 0.25) is 5.88 Å². The van der Waals surface area contributed by atoms with E-state index in [4.69, 9.17) is 0 Å². The molecule has 0 fully saturated rings. The molecule has 0 saturated carbocycles. The Morgan fingerprint density at radius 1 is 1.41 bits per heavy atom. The van der Waals surface area contributed by atoms with Gasteiger partial charge in [-0.3, -0.25) is 0 Å². The summed E-state index contributed by atoms with van der Waals surface area (Å²) >= 11 is 1.48. The molecule has 2 rings (SSSR count). The SMILES string of the molecule is Cc1cc(O)nc(SCc2cncn2C)n1.Cl. The Hall–Kier alpha value is -1.27. The Balaban J connectivity index is 0.00000144. The highest BCUT2D eigenvalue weighted by Crippen LogP contribution is 2.20. The fourth-order valence-electron chi connectivity index (χ4n) is 1.25. The van der Waals surface area contributed by atoms with Crippen LogP contribution >= 0.6 is 24.2 Å². The quantitative estimate of drug-likeness (QED) is 0.683. The summed E-state index contributed by atoms with van der Waals surface area (Å²) in [6.07, 6.45) is 3.56. The van der Waals surface area contributed by atoms with Crippen molar-refractivity contribution in [3.63, 3.8) is 0 Å². The van der Waals surface area contributed by atoms with Crippen LogP contribution in [0.15, 0.2) is 23.7 Å². The highest BCUT2D eigenvalue weighted by atomic mass is 35.5. The lowest BCUT2D eigenvalue weighted by atomic mass is 10.4. The van der Waals surface area contributed by atoms with Gasteiger partial charge in [0.15, 0.2) is 5.16 Å². The number of nitrogens with zero attached hydrogens (tertiary/aromatic N) is 4. The summed E-state index contributed by atoms with van der Waals surface area (Å²) < 4.78 is 1.95. The molecule has 0 spiro atoms. The topological polar surface area (TPSA) is 63.8 Å². The summed E-state index contributed by atoms with van der Waals surface area (Å²) in [4.78, 5) is 12.2. The molecule has 92 valence electrons. The second kappa shape index (κ2) is 5.88. The lowest BCUT2D eigenvalue weighted by Crippen LogP contribution is -1.94. The van der Waals surface area contributed by atoms with E-state index in [0.717, 1.165) is 17.1 Å². The number of hydrogen-bond donors (Lipinski definition) is 1. The van der Waals surface area contributed by atoms with Gasteiger partial charge in [0.25, 0.3) is 0 Å². The third-order valence-electron chi connectivity index (χ3n) is 2.09. The molecule has 0 aliphatic rings. The summed E-state index contributed by atoms with van der Waals surface area (Å²) in [7, 11) is 1.94. The number of aromatic hydroxyl groups is 1. The second-order valence-electron chi connectivity index (χ2n) is 3.43. The first-order valence-electron chi connectivity index (χ1n) is 4.78. The van der Waals surface area contributed by atoms with E-state index in [0.29, 0.717) is 5.16 Å². The number of aromatic nitrogens is 4. The number of thioether (sulfide) groups is 1. The smallest absolute Gasteiger partial charge is 0.215 e. The van der Waals surface area contributed by atoms with Gasteiger partial charge in [-0.1, -0.05) is 11.8 Å². The third-order valence-corrected chi connectivity index (χ3v) is 2.97. The molecule has 0 atom stereocenters. The van der Waals surface area contributed by atoms with Crippen LogP contribution in [-0.4, -0.2) is 24.6 Å². The third kappa shape index (κ3) is 3.61. The molecule has 0 radical (unpaired) electrons. The lowest BCUT2D eigenvalue weighted by Gasteiger charge is -2.02. The molecule has 2 aromatic rings. The summed E-state index contributed by atoms with van der Waals surface area (Å²) in [6, 6.07) is 1.54. The maximum atomic E-state index is 9.32. The maximum absolute atomic E-state index is 9.32. The van der Waals surface area contributed by atoms with Crippen LogP contribution in [0.25, 0.3) is 0 Å². The molecule has 0 unspecified atom stereocenters. The minimum atomic E-state index is 0. The van der Waals surface area contributed by atoms with Gasteiger partial charge in [-0.2, -0.15) is 4.98 Å². The summed E-state index contributed by atoms with van der Waals surface area (Å²) in [6.45, 7) is 1.83. The van der Waals surface area contributed by atoms with Crippen LogP contribution in [-0.2, 0) is 12.8 Å². The summed E-state index contributed by atoms with van der Waals surface area (Å²) in [5, 5.41) is 9.91. The molecule has 0 aliphatic heterocycles. The van der Waals surface area contributed by atoms with Crippen LogP contribution in [0, 0.1) is 6.92 Å². The number of halogens is 1. The lowest BCUT2D eigenvalue weighted by molar-refractivity contribution is 0.444. The highest BCUT2D eigenvalue weighted by molar-refractivity contribution is 7.98. The minimum absolute atomic E-state index is 0. The number of imidazole rings is 1. The fraction of sp³-hybridized carbons (Fsp3) is 0.300. The standard InChI is InChI=1S/C10H12N4OS.ClH/c1-7-3-9(15)13-10(12-7)16-5-8-4-11-6-14(8)2;/h3-4,6H,5H2,1-2H3,(H,12,13,15);1H. The number of rotatable bonds is 3. The largest absolute Gasteiger partial charge is 0.493 e. The van der Waals surface area contributed by atoms with Crippen LogP contribution in [0.3, 0.4) is 0 Å². The van der Waals surface area contributed by atoms with E-state index < -0.39 is 0 Å². The van der Waals surface area contributed by atoms with Crippen molar-refractivity contribution >= 4 is 24.2 Å². The van der Waals surface area contributed by atoms with Gasteiger partial charge in [0.05, 0.1) is 6.33 Å². The first-order valence-corrected chi connectivity index (χ1v) is 5.76. The fourth-order valence-corrected chi connectivity index (χ4v) is 2.17. The zero-order valence-corrected chi connectivity index (χ0v) is 11.1. The van der Waals surface area contributed by atoms with E-state index in [1.165, 1.54) is 17.8 Å². The number of hydrogen-bond acceptors (Lipinski definition) is 5. The van der Waals surface area contributed by atoms with E-state index in [-0.39, 0.29) is 18.3 Å². The predicted octanol–water partition coefficient (Wildman–Crippen LogP) is 1.94. The van der Waals surface area contributed by atoms with Gasteiger partial charge in [-0.25, -0.2) is 9.97 Å². The first-order chi connectivity index (χ1) is 7.65. The molecule has 0 amide bonds. The monoisotopic (exact) mass is 272 g/mol. The minimum Gasteiger partial charge on any atom is -0.493 e. The van der Waals surface area contributed by atoms with Crippen LogP contribution in [0.4, 0.5) is 0 Å². The summed E-state index contributed by atoms with van der Waals surface area (Å²) in [5.74, 6) is 0.749. The molecule has 0 bridgehead atoms. The van der Waals surface area contributed by atoms with Gasteiger partial charge in [-0.05, 0) is 6.92 Å². The first kappa shape index (κ1) is 13.8. The Bertz CT molecular complexity index is 483. The van der Waals surface area contributed by atoms with Crippen molar-refractivity contribution in [2.24, 2.45) is 7.05 Å². The van der Waals surface area contributed by atoms with Gasteiger partial charge >= 0.3 is 0 Å². The van der Waals surface area contributed by atoms with E-state index in [9.17, 15) is 5.11 Å². The van der Waals surface area contributed by atoms with Crippen LogP contribution < -0.4 is 0 Å². The molecule has 0 saturated heterocycles.